The van der Waals surface area contributed by atoms with Crippen molar-refractivity contribution < 1.29 is 12.8 Å². The van der Waals surface area contributed by atoms with Gasteiger partial charge in [-0.2, -0.15) is 4.31 Å². The summed E-state index contributed by atoms with van der Waals surface area (Å²) in [5.41, 5.74) is 6.68. The number of nitrogens with two attached hydrogens (primary N) is 1. The molecule has 2 N–H and O–H groups in total. The number of fused-ring (bicyclic) bond motifs is 1. The molecule has 1 fully saturated rings. The summed E-state index contributed by atoms with van der Waals surface area (Å²) >= 11 is 0. The Balaban J connectivity index is 0.00000176. The van der Waals surface area contributed by atoms with Gasteiger partial charge in [0.2, 0.25) is 10.0 Å². The Morgan fingerprint density at radius 1 is 1.36 bits per heavy atom. The van der Waals surface area contributed by atoms with Crippen molar-refractivity contribution in [3.63, 3.8) is 0 Å². The number of piperidine rings is 1. The molecule has 0 saturated carbocycles. The van der Waals surface area contributed by atoms with Gasteiger partial charge < -0.3 is 10.2 Å². The largest absolute Gasteiger partial charge is 0.419 e. The van der Waals surface area contributed by atoms with Crippen molar-refractivity contribution in [2.45, 2.75) is 23.8 Å². The first-order chi connectivity index (χ1) is 9.89. The highest BCUT2D eigenvalue weighted by atomic mass is 35.5. The Kier molecular flexibility index (Phi) is 4.67. The molecule has 22 heavy (non-hydrogen) atoms. The third-order valence-electron chi connectivity index (χ3n) is 3.82. The van der Waals surface area contributed by atoms with Crippen molar-refractivity contribution in [1.29, 1.82) is 0 Å². The number of halogens is 1. The van der Waals surface area contributed by atoms with Crippen molar-refractivity contribution in [2.75, 3.05) is 13.1 Å². The quantitative estimate of drug-likeness (QED) is 0.860. The number of oxazole rings is 1. The second-order valence-corrected chi connectivity index (χ2v) is 7.26. The van der Waals surface area contributed by atoms with Crippen molar-refractivity contribution in [2.24, 2.45) is 12.8 Å². The number of benzene rings is 1. The van der Waals surface area contributed by atoms with Gasteiger partial charge >= 0.3 is 5.76 Å². The van der Waals surface area contributed by atoms with Gasteiger partial charge in [-0.15, -0.1) is 12.4 Å². The maximum Gasteiger partial charge on any atom is 0.419 e. The standard InChI is InChI=1S/C13H17N3O4S.ClH/c1-15-11-5-4-10(7-12(11)20-13(15)17)21(18,19)16-6-2-3-9(14)8-16;/h4-5,7,9H,2-3,6,8,14H2,1H3;1H. The molecule has 0 radical (unpaired) electrons. The van der Waals surface area contributed by atoms with Crippen molar-refractivity contribution in [3.8, 4) is 0 Å². The van der Waals surface area contributed by atoms with E-state index in [2.05, 4.69) is 0 Å². The van der Waals surface area contributed by atoms with E-state index in [1.165, 1.54) is 21.0 Å². The SMILES string of the molecule is Cl.Cn1c(=O)oc2cc(S(=O)(=O)N3CCCC(N)C3)ccc21. The van der Waals surface area contributed by atoms with Gasteiger partial charge in [-0.05, 0) is 25.0 Å². The van der Waals surface area contributed by atoms with Gasteiger partial charge in [-0.25, -0.2) is 13.2 Å². The topological polar surface area (TPSA) is 98.5 Å². The molecule has 1 unspecified atom stereocenters. The van der Waals surface area contributed by atoms with Gasteiger partial charge in [-0.1, -0.05) is 0 Å². The van der Waals surface area contributed by atoms with E-state index < -0.39 is 15.8 Å². The first-order valence-corrected chi connectivity index (χ1v) is 8.19. The number of rotatable bonds is 2. The van der Waals surface area contributed by atoms with Gasteiger partial charge in [-0.3, -0.25) is 4.57 Å². The third kappa shape index (κ3) is 2.79. The second-order valence-electron chi connectivity index (χ2n) is 5.32. The van der Waals surface area contributed by atoms with Crippen molar-refractivity contribution in [3.05, 3.63) is 28.7 Å². The highest BCUT2D eigenvalue weighted by Gasteiger charge is 2.29. The number of sulfonamides is 1. The predicted octanol–water partition coefficient (Wildman–Crippen LogP) is 0.665. The molecule has 1 atom stereocenters. The lowest BCUT2D eigenvalue weighted by atomic mass is 10.1. The van der Waals surface area contributed by atoms with E-state index in [4.69, 9.17) is 10.2 Å². The average Bonchev–Trinajstić information content (AvgIpc) is 2.73. The molecule has 1 saturated heterocycles. The molecule has 0 amide bonds. The number of aryl methyl sites for hydroxylation is 1. The molecule has 1 aromatic heterocycles. The van der Waals surface area contributed by atoms with Crippen LogP contribution in [0.5, 0.6) is 0 Å². The number of nitrogens with zero attached hydrogens (tertiary/aromatic N) is 2. The predicted molar refractivity (Wildman–Crippen MR) is 84.7 cm³/mol. The molecule has 2 heterocycles. The minimum absolute atomic E-state index is 0. The van der Waals surface area contributed by atoms with Crippen LogP contribution in [0.2, 0.25) is 0 Å². The summed E-state index contributed by atoms with van der Waals surface area (Å²) in [6, 6.07) is 4.34. The van der Waals surface area contributed by atoms with Crippen LogP contribution in [0.3, 0.4) is 0 Å². The van der Waals surface area contributed by atoms with Crippen LogP contribution in [0.4, 0.5) is 0 Å². The minimum atomic E-state index is -3.61. The van der Waals surface area contributed by atoms with E-state index in [0.29, 0.717) is 18.6 Å². The van der Waals surface area contributed by atoms with E-state index in [-0.39, 0.29) is 28.9 Å². The van der Waals surface area contributed by atoms with Crippen LogP contribution in [0, 0.1) is 0 Å². The molecule has 2 aromatic rings. The maximum atomic E-state index is 12.6. The molecule has 1 aliphatic heterocycles. The summed E-state index contributed by atoms with van der Waals surface area (Å²) in [7, 11) is -2.03. The Morgan fingerprint density at radius 3 is 2.77 bits per heavy atom. The van der Waals surface area contributed by atoms with Crippen molar-refractivity contribution >= 4 is 33.5 Å². The molecular weight excluding hydrogens is 330 g/mol. The Morgan fingerprint density at radius 2 is 2.09 bits per heavy atom. The normalized spacial score (nSPS) is 20.0. The summed E-state index contributed by atoms with van der Waals surface area (Å²) in [6.07, 6.45) is 1.58. The van der Waals surface area contributed by atoms with Crippen LogP contribution in [0.15, 0.2) is 32.3 Å². The van der Waals surface area contributed by atoms with Gasteiger partial charge in [0.05, 0.1) is 10.4 Å². The van der Waals surface area contributed by atoms with Gasteiger partial charge in [0.1, 0.15) is 0 Å². The monoisotopic (exact) mass is 347 g/mol. The number of hydrogen-bond acceptors (Lipinski definition) is 5. The molecule has 3 rings (SSSR count). The highest BCUT2D eigenvalue weighted by Crippen LogP contribution is 2.23. The first kappa shape index (κ1) is 17.0. The minimum Gasteiger partial charge on any atom is -0.408 e. The van der Waals surface area contributed by atoms with E-state index >= 15 is 0 Å². The third-order valence-corrected chi connectivity index (χ3v) is 5.68. The molecule has 9 heteroatoms. The fourth-order valence-electron chi connectivity index (χ4n) is 2.62. The highest BCUT2D eigenvalue weighted by molar-refractivity contribution is 7.89. The Bertz CT molecular complexity index is 843. The smallest absolute Gasteiger partial charge is 0.408 e. The summed E-state index contributed by atoms with van der Waals surface area (Å²) in [5.74, 6) is -0.514. The lowest BCUT2D eigenvalue weighted by Crippen LogP contribution is -2.45. The second kappa shape index (κ2) is 6.04. The van der Waals surface area contributed by atoms with Gasteiger partial charge in [0, 0.05) is 32.2 Å². The zero-order chi connectivity index (χ0) is 15.2. The molecule has 0 bridgehead atoms. The molecule has 7 nitrogen and oxygen atoms in total. The Labute approximate surface area is 134 Å². The summed E-state index contributed by atoms with van der Waals surface area (Å²) in [6.45, 7) is 0.784. The Hall–Kier alpha value is -1.35. The fraction of sp³-hybridized carbons (Fsp3) is 0.462. The summed E-state index contributed by atoms with van der Waals surface area (Å²) in [5, 5.41) is 0. The van der Waals surface area contributed by atoms with E-state index in [1.54, 1.807) is 13.1 Å². The summed E-state index contributed by atoms with van der Waals surface area (Å²) in [4.78, 5) is 11.6. The van der Waals surface area contributed by atoms with Gasteiger partial charge in [0.25, 0.3) is 0 Å². The molecule has 122 valence electrons. The zero-order valence-corrected chi connectivity index (χ0v) is 13.7. The first-order valence-electron chi connectivity index (χ1n) is 6.75. The van der Waals surface area contributed by atoms with Gasteiger partial charge in [0.15, 0.2) is 5.58 Å². The number of aromatic nitrogens is 1. The fourth-order valence-corrected chi connectivity index (χ4v) is 4.17. The van der Waals surface area contributed by atoms with Crippen LogP contribution in [-0.4, -0.2) is 36.4 Å². The van der Waals surface area contributed by atoms with E-state index in [9.17, 15) is 13.2 Å². The lowest BCUT2D eigenvalue weighted by molar-refractivity contribution is 0.316. The molecule has 1 aliphatic rings. The van der Waals surface area contributed by atoms with Crippen LogP contribution in [-0.2, 0) is 17.1 Å². The summed E-state index contributed by atoms with van der Waals surface area (Å²) < 4.78 is 33.0. The molecule has 0 spiro atoms. The molecular formula is C13H18ClN3O4S. The van der Waals surface area contributed by atoms with Crippen LogP contribution in [0.1, 0.15) is 12.8 Å². The lowest BCUT2D eigenvalue weighted by Gasteiger charge is -2.29. The average molecular weight is 348 g/mol. The van der Waals surface area contributed by atoms with E-state index in [0.717, 1.165) is 12.8 Å². The maximum absolute atomic E-state index is 12.6. The number of hydrogen-bond donors (Lipinski definition) is 1. The van der Waals surface area contributed by atoms with E-state index in [1.807, 2.05) is 0 Å². The van der Waals surface area contributed by atoms with Crippen LogP contribution < -0.4 is 11.5 Å². The van der Waals surface area contributed by atoms with Crippen LogP contribution in [0.25, 0.3) is 11.1 Å². The zero-order valence-electron chi connectivity index (χ0n) is 12.1. The molecule has 1 aromatic carbocycles. The van der Waals surface area contributed by atoms with Crippen molar-refractivity contribution in [1.82, 2.24) is 8.87 Å². The molecule has 0 aliphatic carbocycles. The van der Waals surface area contributed by atoms with Crippen LogP contribution >= 0.6 is 12.4 Å².